The number of likely N-dealkylation sites (N-methyl/N-ethyl adjacent to an activating group) is 1. The smallest absolute Gasteiger partial charge is 0.254 e. The third kappa shape index (κ3) is 3.37. The zero-order chi connectivity index (χ0) is 14.7. The van der Waals surface area contributed by atoms with Crippen LogP contribution in [0, 0.1) is 0 Å². The van der Waals surface area contributed by atoms with Crippen molar-refractivity contribution in [2.45, 2.75) is 25.9 Å². The summed E-state index contributed by atoms with van der Waals surface area (Å²) in [7, 11) is 0. The molecule has 0 radical (unpaired) electrons. The number of nitrogens with zero attached hydrogens (tertiary/aromatic N) is 1. The highest BCUT2D eigenvalue weighted by Crippen LogP contribution is 2.29. The van der Waals surface area contributed by atoms with Gasteiger partial charge in [0.15, 0.2) is 0 Å². The SMILES string of the molecule is CCN(CC1CCCO1)C(=O)c1cc(Cl)c(N)c(Cl)c1. The average molecular weight is 317 g/mol. The minimum Gasteiger partial charge on any atom is -0.396 e. The Kier molecular flexibility index (Phi) is 5.13. The molecule has 1 aliphatic heterocycles. The van der Waals surface area contributed by atoms with Gasteiger partial charge in [0.1, 0.15) is 0 Å². The second-order valence-electron chi connectivity index (χ2n) is 4.83. The lowest BCUT2D eigenvalue weighted by atomic mass is 10.1. The van der Waals surface area contributed by atoms with Gasteiger partial charge in [0.2, 0.25) is 0 Å². The van der Waals surface area contributed by atoms with Gasteiger partial charge in [0.05, 0.1) is 21.8 Å². The van der Waals surface area contributed by atoms with Gasteiger partial charge in [-0.3, -0.25) is 4.79 Å². The summed E-state index contributed by atoms with van der Waals surface area (Å²) < 4.78 is 5.57. The second kappa shape index (κ2) is 6.66. The summed E-state index contributed by atoms with van der Waals surface area (Å²) in [6.07, 6.45) is 2.17. The molecule has 110 valence electrons. The quantitative estimate of drug-likeness (QED) is 0.868. The van der Waals surface area contributed by atoms with Gasteiger partial charge in [-0.1, -0.05) is 23.2 Å². The van der Waals surface area contributed by atoms with Crippen molar-refractivity contribution in [1.82, 2.24) is 4.90 Å². The molecule has 1 fully saturated rings. The molecule has 0 saturated carbocycles. The fourth-order valence-electron chi connectivity index (χ4n) is 2.28. The maximum Gasteiger partial charge on any atom is 0.254 e. The van der Waals surface area contributed by atoms with Crippen molar-refractivity contribution < 1.29 is 9.53 Å². The van der Waals surface area contributed by atoms with E-state index in [0.717, 1.165) is 19.4 Å². The summed E-state index contributed by atoms with van der Waals surface area (Å²) >= 11 is 12.0. The van der Waals surface area contributed by atoms with Crippen LogP contribution in [0.3, 0.4) is 0 Å². The zero-order valence-corrected chi connectivity index (χ0v) is 12.9. The number of anilines is 1. The number of carbonyl (C=O) groups is 1. The molecule has 2 N–H and O–H groups in total. The van der Waals surface area contributed by atoms with Crippen LogP contribution in [-0.4, -0.2) is 36.6 Å². The van der Waals surface area contributed by atoms with Gasteiger partial charge in [0, 0.05) is 25.3 Å². The predicted octanol–water partition coefficient (Wildman–Crippen LogP) is 3.22. The number of halogens is 2. The maximum absolute atomic E-state index is 12.5. The van der Waals surface area contributed by atoms with E-state index < -0.39 is 0 Å². The van der Waals surface area contributed by atoms with Gasteiger partial charge in [0.25, 0.3) is 5.91 Å². The molecular formula is C14H18Cl2N2O2. The summed E-state index contributed by atoms with van der Waals surface area (Å²) in [5, 5.41) is 0.600. The Morgan fingerprint density at radius 2 is 2.10 bits per heavy atom. The number of nitrogens with two attached hydrogens (primary N) is 1. The number of rotatable bonds is 4. The van der Waals surface area contributed by atoms with Crippen molar-refractivity contribution >= 4 is 34.8 Å². The first kappa shape index (κ1) is 15.4. The van der Waals surface area contributed by atoms with Gasteiger partial charge in [-0.2, -0.15) is 0 Å². The Hall–Kier alpha value is -0.970. The van der Waals surface area contributed by atoms with Crippen LogP contribution in [0.1, 0.15) is 30.1 Å². The predicted molar refractivity (Wildman–Crippen MR) is 81.4 cm³/mol. The number of benzene rings is 1. The van der Waals surface area contributed by atoms with Crippen molar-refractivity contribution in [3.05, 3.63) is 27.7 Å². The van der Waals surface area contributed by atoms with Crippen LogP contribution < -0.4 is 5.73 Å². The Balaban J connectivity index is 2.15. The molecule has 1 aromatic rings. The second-order valence-corrected chi connectivity index (χ2v) is 5.65. The third-order valence-electron chi connectivity index (χ3n) is 3.44. The van der Waals surface area contributed by atoms with Crippen molar-refractivity contribution in [2.75, 3.05) is 25.4 Å². The molecule has 1 saturated heterocycles. The minimum atomic E-state index is -0.105. The molecule has 0 spiro atoms. The molecule has 1 unspecified atom stereocenters. The molecule has 1 aliphatic rings. The molecule has 1 atom stereocenters. The van der Waals surface area contributed by atoms with Crippen molar-refractivity contribution in [2.24, 2.45) is 0 Å². The fraction of sp³-hybridized carbons (Fsp3) is 0.500. The van der Waals surface area contributed by atoms with Crippen LogP contribution in [0.4, 0.5) is 5.69 Å². The van der Waals surface area contributed by atoms with E-state index in [-0.39, 0.29) is 12.0 Å². The summed E-state index contributed by atoms with van der Waals surface area (Å²) in [6.45, 7) is 3.91. The van der Waals surface area contributed by atoms with Crippen LogP contribution in [0.5, 0.6) is 0 Å². The number of amides is 1. The first-order chi connectivity index (χ1) is 9.52. The minimum absolute atomic E-state index is 0.105. The van der Waals surface area contributed by atoms with E-state index >= 15 is 0 Å². The topological polar surface area (TPSA) is 55.6 Å². The van der Waals surface area contributed by atoms with Crippen molar-refractivity contribution in [1.29, 1.82) is 0 Å². The summed E-state index contributed by atoms with van der Waals surface area (Å²) in [5.41, 5.74) is 6.43. The van der Waals surface area contributed by atoms with Crippen LogP contribution in [-0.2, 0) is 4.74 Å². The molecule has 6 heteroatoms. The van der Waals surface area contributed by atoms with Gasteiger partial charge >= 0.3 is 0 Å². The fourth-order valence-corrected chi connectivity index (χ4v) is 2.77. The van der Waals surface area contributed by atoms with E-state index in [2.05, 4.69) is 0 Å². The van der Waals surface area contributed by atoms with E-state index in [0.29, 0.717) is 34.4 Å². The lowest BCUT2D eigenvalue weighted by molar-refractivity contribution is 0.0539. The first-order valence-corrected chi connectivity index (χ1v) is 7.44. The van der Waals surface area contributed by atoms with E-state index in [1.807, 2.05) is 6.92 Å². The summed E-state index contributed by atoms with van der Waals surface area (Å²) in [5.74, 6) is -0.105. The molecular weight excluding hydrogens is 299 g/mol. The average Bonchev–Trinajstić information content (AvgIpc) is 2.93. The highest BCUT2D eigenvalue weighted by molar-refractivity contribution is 6.39. The molecule has 0 aromatic heterocycles. The maximum atomic E-state index is 12.5. The standard InChI is InChI=1S/C14H18Cl2N2O2/c1-2-18(8-10-4-3-5-20-10)14(19)9-6-11(15)13(17)12(16)7-9/h6-7,10H,2-5,8,17H2,1H3. The number of ether oxygens (including phenoxy) is 1. The Labute approximate surface area is 128 Å². The molecule has 1 heterocycles. The Bertz CT molecular complexity index is 479. The normalized spacial score (nSPS) is 18.2. The summed E-state index contributed by atoms with van der Waals surface area (Å²) in [4.78, 5) is 14.2. The van der Waals surface area contributed by atoms with E-state index in [1.165, 1.54) is 0 Å². The van der Waals surface area contributed by atoms with Crippen LogP contribution in [0.2, 0.25) is 10.0 Å². The number of carbonyl (C=O) groups excluding carboxylic acids is 1. The first-order valence-electron chi connectivity index (χ1n) is 6.68. The highest BCUT2D eigenvalue weighted by Gasteiger charge is 2.23. The zero-order valence-electron chi connectivity index (χ0n) is 11.4. The number of nitrogen functional groups attached to an aromatic ring is 1. The third-order valence-corrected chi connectivity index (χ3v) is 4.07. The monoisotopic (exact) mass is 316 g/mol. The molecule has 2 rings (SSSR count). The van der Waals surface area contributed by atoms with Crippen molar-refractivity contribution in [3.8, 4) is 0 Å². The largest absolute Gasteiger partial charge is 0.396 e. The van der Waals surface area contributed by atoms with E-state index in [9.17, 15) is 4.79 Å². The van der Waals surface area contributed by atoms with Crippen molar-refractivity contribution in [3.63, 3.8) is 0 Å². The van der Waals surface area contributed by atoms with Crippen LogP contribution >= 0.6 is 23.2 Å². The van der Waals surface area contributed by atoms with E-state index in [1.54, 1.807) is 17.0 Å². The van der Waals surface area contributed by atoms with Gasteiger partial charge in [-0.25, -0.2) is 0 Å². The van der Waals surface area contributed by atoms with Crippen LogP contribution in [0.25, 0.3) is 0 Å². The molecule has 1 amide bonds. The molecule has 0 aliphatic carbocycles. The molecule has 20 heavy (non-hydrogen) atoms. The number of hydrogen-bond donors (Lipinski definition) is 1. The van der Waals surface area contributed by atoms with Gasteiger partial charge < -0.3 is 15.4 Å². The highest BCUT2D eigenvalue weighted by atomic mass is 35.5. The Morgan fingerprint density at radius 3 is 2.60 bits per heavy atom. The lowest BCUT2D eigenvalue weighted by Gasteiger charge is -2.24. The Morgan fingerprint density at radius 1 is 1.45 bits per heavy atom. The molecule has 4 nitrogen and oxygen atoms in total. The molecule has 0 bridgehead atoms. The lowest BCUT2D eigenvalue weighted by Crippen LogP contribution is -2.37. The van der Waals surface area contributed by atoms with Crippen LogP contribution in [0.15, 0.2) is 12.1 Å². The molecule has 1 aromatic carbocycles. The summed E-state index contributed by atoms with van der Waals surface area (Å²) in [6, 6.07) is 3.12. The van der Waals surface area contributed by atoms with Gasteiger partial charge in [-0.15, -0.1) is 0 Å². The van der Waals surface area contributed by atoms with Gasteiger partial charge in [-0.05, 0) is 31.9 Å². The van der Waals surface area contributed by atoms with E-state index in [4.69, 9.17) is 33.7 Å². The number of hydrogen-bond acceptors (Lipinski definition) is 3.